The summed E-state index contributed by atoms with van der Waals surface area (Å²) in [5.41, 5.74) is -0.411. The standard InChI is InChI=1S/C17H17F3N2O4S2/c1-2-11-3-5-13(9-14(11)16(23)24)28(25,26)22-7-8-27-15-6-4-12(10-21-15)17(18,19)20/h3-6,9-10,22H,2,7-8H2,1H3,(H,23,24). The number of alkyl halides is 3. The van der Waals surface area contributed by atoms with Crippen LogP contribution in [0.25, 0.3) is 0 Å². The number of benzene rings is 1. The number of nitrogens with one attached hydrogen (secondary N) is 1. The molecule has 11 heteroatoms. The van der Waals surface area contributed by atoms with Crippen LogP contribution in [-0.4, -0.2) is 36.8 Å². The average molecular weight is 434 g/mol. The van der Waals surface area contributed by atoms with Gasteiger partial charge in [-0.3, -0.25) is 0 Å². The maximum Gasteiger partial charge on any atom is 0.417 e. The molecule has 0 amide bonds. The Bertz CT molecular complexity index is 946. The van der Waals surface area contributed by atoms with E-state index in [4.69, 9.17) is 0 Å². The monoisotopic (exact) mass is 434 g/mol. The van der Waals surface area contributed by atoms with Gasteiger partial charge in [0, 0.05) is 18.5 Å². The first-order valence-electron chi connectivity index (χ1n) is 8.06. The molecule has 0 radical (unpaired) electrons. The molecule has 0 saturated carbocycles. The number of nitrogens with zero attached hydrogens (tertiary/aromatic N) is 1. The summed E-state index contributed by atoms with van der Waals surface area (Å²) in [7, 11) is -3.92. The molecule has 1 aromatic heterocycles. The lowest BCUT2D eigenvalue weighted by Gasteiger charge is -2.10. The van der Waals surface area contributed by atoms with Gasteiger partial charge in [0.2, 0.25) is 10.0 Å². The molecule has 1 aromatic carbocycles. The zero-order valence-corrected chi connectivity index (χ0v) is 16.3. The van der Waals surface area contributed by atoms with E-state index in [-0.39, 0.29) is 22.8 Å². The van der Waals surface area contributed by atoms with Crippen LogP contribution in [0.3, 0.4) is 0 Å². The lowest BCUT2D eigenvalue weighted by molar-refractivity contribution is -0.137. The highest BCUT2D eigenvalue weighted by Crippen LogP contribution is 2.29. The molecule has 0 aliphatic heterocycles. The van der Waals surface area contributed by atoms with Crippen LogP contribution in [0, 0.1) is 0 Å². The molecule has 152 valence electrons. The molecule has 0 unspecified atom stereocenters. The normalized spacial score (nSPS) is 12.1. The number of pyridine rings is 1. The van der Waals surface area contributed by atoms with Gasteiger partial charge < -0.3 is 5.11 Å². The highest BCUT2D eigenvalue weighted by molar-refractivity contribution is 7.99. The van der Waals surface area contributed by atoms with E-state index in [2.05, 4.69) is 9.71 Å². The number of hydrogen-bond donors (Lipinski definition) is 2. The van der Waals surface area contributed by atoms with Crippen molar-refractivity contribution in [1.82, 2.24) is 9.71 Å². The van der Waals surface area contributed by atoms with Crippen LogP contribution in [0.2, 0.25) is 0 Å². The van der Waals surface area contributed by atoms with Crippen molar-refractivity contribution in [3.63, 3.8) is 0 Å². The predicted octanol–water partition coefficient (Wildman–Crippen LogP) is 3.43. The molecule has 0 fully saturated rings. The zero-order valence-electron chi connectivity index (χ0n) is 14.7. The van der Waals surface area contributed by atoms with Crippen LogP contribution in [0.5, 0.6) is 0 Å². The fourth-order valence-electron chi connectivity index (χ4n) is 2.28. The third-order valence-corrected chi connectivity index (χ3v) is 6.11. The second-order valence-electron chi connectivity index (χ2n) is 5.61. The first-order chi connectivity index (χ1) is 13.0. The molecule has 28 heavy (non-hydrogen) atoms. The maximum atomic E-state index is 12.5. The van der Waals surface area contributed by atoms with Gasteiger partial charge in [-0.25, -0.2) is 22.9 Å². The minimum absolute atomic E-state index is 0.00631. The number of carboxylic acids is 1. The van der Waals surface area contributed by atoms with E-state index in [9.17, 15) is 31.5 Å². The van der Waals surface area contributed by atoms with Gasteiger partial charge in [-0.05, 0) is 36.2 Å². The lowest BCUT2D eigenvalue weighted by atomic mass is 10.1. The average Bonchev–Trinajstić information content (AvgIpc) is 2.64. The number of rotatable bonds is 8. The smallest absolute Gasteiger partial charge is 0.417 e. The van der Waals surface area contributed by atoms with E-state index in [1.807, 2.05) is 0 Å². The first kappa shape index (κ1) is 22.2. The largest absolute Gasteiger partial charge is 0.478 e. The summed E-state index contributed by atoms with van der Waals surface area (Å²) in [6.45, 7) is 1.76. The molecule has 0 aliphatic rings. The Morgan fingerprint density at radius 3 is 2.50 bits per heavy atom. The van der Waals surface area contributed by atoms with Gasteiger partial charge in [-0.15, -0.1) is 11.8 Å². The minimum atomic E-state index is -4.46. The zero-order chi connectivity index (χ0) is 20.9. The van der Waals surface area contributed by atoms with Gasteiger partial charge >= 0.3 is 12.1 Å². The van der Waals surface area contributed by atoms with Gasteiger partial charge in [0.1, 0.15) is 0 Å². The molecule has 2 N–H and O–H groups in total. The Balaban J connectivity index is 1.97. The fourth-order valence-corrected chi connectivity index (χ4v) is 4.17. The third-order valence-electron chi connectivity index (χ3n) is 3.71. The maximum absolute atomic E-state index is 12.5. The molecule has 6 nitrogen and oxygen atoms in total. The summed E-state index contributed by atoms with van der Waals surface area (Å²) < 4.78 is 64.4. The van der Waals surface area contributed by atoms with Gasteiger partial charge in [-0.1, -0.05) is 13.0 Å². The number of aromatic carboxylic acids is 1. The molecular formula is C17H17F3N2O4S2. The van der Waals surface area contributed by atoms with Crippen LogP contribution in [0.4, 0.5) is 13.2 Å². The molecule has 0 saturated heterocycles. The van der Waals surface area contributed by atoms with Crippen LogP contribution in [0.15, 0.2) is 46.5 Å². The van der Waals surface area contributed by atoms with Crippen molar-refractivity contribution in [3.05, 3.63) is 53.2 Å². The highest BCUT2D eigenvalue weighted by atomic mass is 32.2. The second-order valence-corrected chi connectivity index (χ2v) is 8.49. The summed E-state index contributed by atoms with van der Waals surface area (Å²) in [5.74, 6) is -0.978. The van der Waals surface area contributed by atoms with E-state index >= 15 is 0 Å². The van der Waals surface area contributed by atoms with Gasteiger partial charge in [0.15, 0.2) is 0 Å². The van der Waals surface area contributed by atoms with Crippen molar-refractivity contribution in [2.24, 2.45) is 0 Å². The van der Waals surface area contributed by atoms with Gasteiger partial charge in [-0.2, -0.15) is 13.2 Å². The minimum Gasteiger partial charge on any atom is -0.478 e. The Hall–Kier alpha value is -2.11. The summed E-state index contributed by atoms with van der Waals surface area (Å²) in [6.07, 6.45) is -3.30. The Labute approximate surface area is 164 Å². The number of thioether (sulfide) groups is 1. The Morgan fingerprint density at radius 2 is 1.96 bits per heavy atom. The van der Waals surface area contributed by atoms with Crippen LogP contribution >= 0.6 is 11.8 Å². The number of halogens is 3. The Morgan fingerprint density at radius 1 is 1.25 bits per heavy atom. The van der Waals surface area contributed by atoms with E-state index in [1.165, 1.54) is 18.2 Å². The second kappa shape index (κ2) is 8.93. The number of hydrogen-bond acceptors (Lipinski definition) is 5. The predicted molar refractivity (Wildman–Crippen MR) is 97.9 cm³/mol. The molecule has 2 aromatic rings. The topological polar surface area (TPSA) is 96.4 Å². The molecule has 2 rings (SSSR count). The van der Waals surface area contributed by atoms with Crippen molar-refractivity contribution in [2.75, 3.05) is 12.3 Å². The van der Waals surface area contributed by atoms with Gasteiger partial charge in [0.05, 0.1) is 21.0 Å². The van der Waals surface area contributed by atoms with Crippen molar-refractivity contribution in [3.8, 4) is 0 Å². The van der Waals surface area contributed by atoms with Crippen molar-refractivity contribution in [2.45, 2.75) is 29.4 Å². The van der Waals surface area contributed by atoms with Crippen LogP contribution in [0.1, 0.15) is 28.4 Å². The quantitative estimate of drug-likeness (QED) is 0.488. The molecule has 1 heterocycles. The van der Waals surface area contributed by atoms with Crippen LogP contribution < -0.4 is 4.72 Å². The molecule has 0 atom stereocenters. The van der Waals surface area contributed by atoms with Crippen molar-refractivity contribution >= 4 is 27.8 Å². The number of sulfonamides is 1. The SMILES string of the molecule is CCc1ccc(S(=O)(=O)NCCSc2ccc(C(F)(F)F)cn2)cc1C(=O)O. The van der Waals surface area contributed by atoms with Crippen molar-refractivity contribution in [1.29, 1.82) is 0 Å². The van der Waals surface area contributed by atoms with E-state index in [1.54, 1.807) is 6.92 Å². The number of aryl methyl sites for hydroxylation is 1. The Kier molecular flexibility index (Phi) is 7.07. The van der Waals surface area contributed by atoms with Crippen LogP contribution in [-0.2, 0) is 22.6 Å². The highest BCUT2D eigenvalue weighted by Gasteiger charge is 2.30. The molecule has 0 spiro atoms. The number of carboxylic acid groups (broad SMARTS) is 1. The van der Waals surface area contributed by atoms with Gasteiger partial charge in [0.25, 0.3) is 0 Å². The van der Waals surface area contributed by atoms with Crippen molar-refractivity contribution < 1.29 is 31.5 Å². The molecule has 0 aliphatic carbocycles. The third kappa shape index (κ3) is 5.69. The molecule has 0 bridgehead atoms. The summed E-state index contributed by atoms with van der Waals surface area (Å²) in [4.78, 5) is 14.8. The summed E-state index contributed by atoms with van der Waals surface area (Å²) in [6, 6.07) is 6.01. The number of carbonyl (C=O) groups is 1. The lowest BCUT2D eigenvalue weighted by Crippen LogP contribution is -2.26. The first-order valence-corrected chi connectivity index (χ1v) is 10.5. The number of aromatic nitrogens is 1. The van der Waals surface area contributed by atoms with E-state index in [0.29, 0.717) is 17.0 Å². The summed E-state index contributed by atoms with van der Waals surface area (Å²) >= 11 is 1.09. The summed E-state index contributed by atoms with van der Waals surface area (Å²) in [5, 5.41) is 9.53. The fraction of sp³-hybridized carbons (Fsp3) is 0.294. The molecular weight excluding hydrogens is 417 g/mol. The van der Waals surface area contributed by atoms with E-state index in [0.717, 1.165) is 30.1 Å². The van der Waals surface area contributed by atoms with E-state index < -0.39 is 27.7 Å².